The topological polar surface area (TPSA) is 37.0 Å². The van der Waals surface area contributed by atoms with Crippen LogP contribution in [0.25, 0.3) is 0 Å². The van der Waals surface area contributed by atoms with Gasteiger partial charge in [0.15, 0.2) is 0 Å². The average molecular weight is 259 g/mol. The molecule has 0 aromatic carbocycles. The minimum absolute atomic E-state index is 0.624. The van der Waals surface area contributed by atoms with E-state index in [0.717, 1.165) is 12.0 Å². The zero-order chi connectivity index (χ0) is 13.1. The lowest BCUT2D eigenvalue weighted by Crippen LogP contribution is -2.44. The number of piperidine rings is 1. The Morgan fingerprint density at radius 1 is 1.21 bits per heavy atom. The first-order valence-corrected chi connectivity index (χ1v) is 7.75. The molecule has 2 fully saturated rings. The summed E-state index contributed by atoms with van der Waals surface area (Å²) in [5.74, 6) is 0.792. The smallest absolute Gasteiger partial charge is 0.0558 e. The second-order valence-electron chi connectivity index (χ2n) is 6.09. The summed E-state index contributed by atoms with van der Waals surface area (Å²) in [4.78, 5) is 4.25. The molecule has 3 atom stereocenters. The average Bonchev–Trinajstić information content (AvgIpc) is 2.91. The quantitative estimate of drug-likeness (QED) is 0.875. The zero-order valence-corrected chi connectivity index (χ0v) is 11.9. The molecule has 2 N–H and O–H groups in total. The summed E-state index contributed by atoms with van der Waals surface area (Å²) in [5, 5.41) is 7.49. The fourth-order valence-corrected chi connectivity index (χ4v) is 3.71. The van der Waals surface area contributed by atoms with Gasteiger partial charge in [0.25, 0.3) is 0 Å². The molecule has 1 aromatic heterocycles. The van der Waals surface area contributed by atoms with Crippen molar-refractivity contribution in [1.29, 1.82) is 0 Å². The number of hydrogen-bond donors (Lipinski definition) is 2. The molecule has 104 valence electrons. The summed E-state index contributed by atoms with van der Waals surface area (Å²) >= 11 is 0. The van der Waals surface area contributed by atoms with Crippen LogP contribution >= 0.6 is 0 Å². The van der Waals surface area contributed by atoms with Gasteiger partial charge in [0.2, 0.25) is 0 Å². The number of hydrogen-bond acceptors (Lipinski definition) is 3. The van der Waals surface area contributed by atoms with Crippen molar-refractivity contribution in [2.24, 2.45) is 5.92 Å². The monoisotopic (exact) mass is 259 g/mol. The predicted octanol–water partition coefficient (Wildman–Crippen LogP) is 3.11. The second kappa shape index (κ2) is 5.91. The lowest BCUT2D eigenvalue weighted by atomic mass is 9.88. The molecule has 0 bridgehead atoms. The van der Waals surface area contributed by atoms with E-state index in [9.17, 15) is 0 Å². The summed E-state index contributed by atoms with van der Waals surface area (Å²) in [7, 11) is 0. The van der Waals surface area contributed by atoms with Crippen molar-refractivity contribution >= 4 is 5.69 Å². The van der Waals surface area contributed by atoms with Crippen LogP contribution in [0.3, 0.4) is 0 Å². The van der Waals surface area contributed by atoms with Crippen LogP contribution in [-0.2, 0) is 0 Å². The van der Waals surface area contributed by atoms with Crippen molar-refractivity contribution in [2.75, 3.05) is 11.9 Å². The van der Waals surface area contributed by atoms with Crippen molar-refractivity contribution in [3.05, 3.63) is 24.0 Å². The molecular formula is C16H25N3. The number of nitrogens with zero attached hydrogens (tertiary/aromatic N) is 1. The van der Waals surface area contributed by atoms with Crippen LogP contribution in [-0.4, -0.2) is 23.6 Å². The van der Waals surface area contributed by atoms with Crippen LogP contribution in [0, 0.1) is 12.8 Å². The van der Waals surface area contributed by atoms with Crippen LogP contribution in [0.4, 0.5) is 5.69 Å². The molecule has 1 aliphatic heterocycles. The maximum absolute atomic E-state index is 4.25. The van der Waals surface area contributed by atoms with E-state index >= 15 is 0 Å². The Kier molecular flexibility index (Phi) is 4.02. The summed E-state index contributed by atoms with van der Waals surface area (Å²) in [6, 6.07) is 3.44. The van der Waals surface area contributed by atoms with Crippen molar-refractivity contribution in [3.8, 4) is 0 Å². The first kappa shape index (κ1) is 12.9. The molecule has 1 saturated heterocycles. The molecule has 2 heterocycles. The van der Waals surface area contributed by atoms with E-state index in [2.05, 4.69) is 28.6 Å². The van der Waals surface area contributed by atoms with Crippen molar-refractivity contribution in [1.82, 2.24) is 10.3 Å². The van der Waals surface area contributed by atoms with Gasteiger partial charge in [-0.15, -0.1) is 0 Å². The van der Waals surface area contributed by atoms with Gasteiger partial charge >= 0.3 is 0 Å². The third kappa shape index (κ3) is 2.92. The molecule has 3 heteroatoms. The molecule has 1 saturated carbocycles. The van der Waals surface area contributed by atoms with E-state index in [4.69, 9.17) is 0 Å². The fraction of sp³-hybridized carbons (Fsp3) is 0.688. The highest BCUT2D eigenvalue weighted by atomic mass is 15.0. The molecule has 0 amide bonds. The second-order valence-corrected chi connectivity index (χ2v) is 6.09. The highest BCUT2D eigenvalue weighted by molar-refractivity contribution is 5.49. The third-order valence-corrected chi connectivity index (χ3v) is 4.81. The molecule has 3 rings (SSSR count). The van der Waals surface area contributed by atoms with Crippen molar-refractivity contribution in [3.63, 3.8) is 0 Å². The van der Waals surface area contributed by atoms with Gasteiger partial charge in [-0.2, -0.15) is 0 Å². The zero-order valence-electron chi connectivity index (χ0n) is 11.9. The van der Waals surface area contributed by atoms with Gasteiger partial charge in [0.1, 0.15) is 0 Å². The Hall–Kier alpha value is -1.09. The van der Waals surface area contributed by atoms with Gasteiger partial charge in [0.05, 0.1) is 11.9 Å². The van der Waals surface area contributed by atoms with E-state index < -0.39 is 0 Å². The molecule has 2 aliphatic rings. The van der Waals surface area contributed by atoms with Crippen LogP contribution in [0.5, 0.6) is 0 Å². The van der Waals surface area contributed by atoms with E-state index in [0.29, 0.717) is 6.04 Å². The van der Waals surface area contributed by atoms with Crippen molar-refractivity contribution < 1.29 is 0 Å². The Bertz CT molecular complexity index is 412. The number of nitrogens with one attached hydrogen (secondary N) is 2. The summed E-state index contributed by atoms with van der Waals surface area (Å²) in [6.07, 6.45) is 12.0. The summed E-state index contributed by atoms with van der Waals surface area (Å²) < 4.78 is 0. The largest absolute Gasteiger partial charge is 0.381 e. The third-order valence-electron chi connectivity index (χ3n) is 4.81. The minimum Gasteiger partial charge on any atom is -0.381 e. The lowest BCUT2D eigenvalue weighted by Gasteiger charge is -2.33. The molecule has 19 heavy (non-hydrogen) atoms. The lowest BCUT2D eigenvalue weighted by molar-refractivity contribution is 0.286. The predicted molar refractivity (Wildman–Crippen MR) is 79.4 cm³/mol. The van der Waals surface area contributed by atoms with E-state index in [1.165, 1.54) is 56.3 Å². The SMILES string of the molecule is Cc1ccncc1NC1CCCC1C1CCCCN1. The van der Waals surface area contributed by atoms with Crippen LogP contribution < -0.4 is 10.6 Å². The standard InChI is InChI=1S/C16H25N3/c1-12-8-10-17-11-16(12)19-15-7-4-5-13(15)14-6-2-3-9-18-14/h8,10-11,13-15,18-19H,2-7,9H2,1H3. The maximum atomic E-state index is 4.25. The first-order valence-electron chi connectivity index (χ1n) is 7.75. The Morgan fingerprint density at radius 3 is 2.95 bits per heavy atom. The first-order chi connectivity index (χ1) is 9.34. The maximum Gasteiger partial charge on any atom is 0.0558 e. The van der Waals surface area contributed by atoms with Gasteiger partial charge in [-0.1, -0.05) is 12.8 Å². The molecule has 1 aliphatic carbocycles. The van der Waals surface area contributed by atoms with E-state index in [1.54, 1.807) is 0 Å². The number of anilines is 1. The number of pyridine rings is 1. The number of rotatable bonds is 3. The van der Waals surface area contributed by atoms with E-state index in [1.807, 2.05) is 12.4 Å². The molecular weight excluding hydrogens is 234 g/mol. The summed E-state index contributed by atoms with van der Waals surface area (Å²) in [5.41, 5.74) is 2.52. The molecule has 0 spiro atoms. The van der Waals surface area contributed by atoms with Gasteiger partial charge in [-0.05, 0) is 56.7 Å². The fourth-order valence-electron chi connectivity index (χ4n) is 3.71. The Labute approximate surface area is 116 Å². The Balaban J connectivity index is 1.67. The van der Waals surface area contributed by atoms with Crippen LogP contribution in [0.1, 0.15) is 44.1 Å². The highest BCUT2D eigenvalue weighted by Gasteiger charge is 2.34. The molecule has 3 nitrogen and oxygen atoms in total. The number of aromatic nitrogens is 1. The van der Waals surface area contributed by atoms with Gasteiger partial charge in [0, 0.05) is 18.3 Å². The molecule has 0 radical (unpaired) electrons. The van der Waals surface area contributed by atoms with Gasteiger partial charge in [-0.3, -0.25) is 4.98 Å². The van der Waals surface area contributed by atoms with Gasteiger partial charge in [-0.25, -0.2) is 0 Å². The molecule has 1 aromatic rings. The minimum atomic E-state index is 0.624. The van der Waals surface area contributed by atoms with Crippen molar-refractivity contribution in [2.45, 2.75) is 57.5 Å². The number of aryl methyl sites for hydroxylation is 1. The van der Waals surface area contributed by atoms with Gasteiger partial charge < -0.3 is 10.6 Å². The van der Waals surface area contributed by atoms with Crippen LogP contribution in [0.15, 0.2) is 18.5 Å². The highest BCUT2D eigenvalue weighted by Crippen LogP contribution is 2.34. The van der Waals surface area contributed by atoms with Crippen LogP contribution in [0.2, 0.25) is 0 Å². The Morgan fingerprint density at radius 2 is 2.16 bits per heavy atom. The normalized spacial score (nSPS) is 31.3. The summed E-state index contributed by atoms with van der Waals surface area (Å²) in [6.45, 7) is 3.37. The molecule has 3 unspecified atom stereocenters. The van der Waals surface area contributed by atoms with E-state index in [-0.39, 0.29) is 0 Å².